The van der Waals surface area contributed by atoms with E-state index in [1.807, 2.05) is 4.90 Å². The third kappa shape index (κ3) is 7.34. The van der Waals surface area contributed by atoms with Gasteiger partial charge in [-0.3, -0.25) is 0 Å². The van der Waals surface area contributed by atoms with Crippen LogP contribution in [0.15, 0.2) is 58.6 Å². The summed E-state index contributed by atoms with van der Waals surface area (Å²) in [5.74, 6) is -3.25. The fourth-order valence-corrected chi connectivity index (χ4v) is 6.27. The molecule has 2 aromatic rings. The lowest BCUT2D eigenvalue weighted by Gasteiger charge is -2.37. The van der Waals surface area contributed by atoms with Gasteiger partial charge in [0, 0.05) is 45.6 Å². The molecule has 15 heteroatoms. The van der Waals surface area contributed by atoms with Crippen LogP contribution in [0, 0.1) is 11.6 Å². The lowest BCUT2D eigenvalue weighted by molar-refractivity contribution is -0.137. The molecule has 0 unspecified atom stereocenters. The van der Waals surface area contributed by atoms with E-state index in [9.17, 15) is 31.6 Å². The van der Waals surface area contributed by atoms with E-state index in [0.29, 0.717) is 25.3 Å². The number of sulfone groups is 1. The highest BCUT2D eigenvalue weighted by atomic mass is 32.2. The minimum atomic E-state index is -3.38. The van der Waals surface area contributed by atoms with Crippen molar-refractivity contribution >= 4 is 33.6 Å². The standard InChI is InChI=1S/C29H35F2N5O7S/c1-42-17-22-25(27(37)43-2)26(18-8-9-20(30)21(31)16-18)36(29(39)34-22)28(38)33-13-12-32-19-10-14-35(15-11-19)23-6-4-5-7-24(23)44(3,40)41/h4-9,16,19,26,32H,10-15,17H2,1-3H3,(H,33,38)(H,34,39)/t26-/m0/s1. The molecule has 0 saturated carbocycles. The van der Waals surface area contributed by atoms with E-state index in [4.69, 9.17) is 9.47 Å². The van der Waals surface area contributed by atoms with Crippen LogP contribution in [-0.4, -0.2) is 90.7 Å². The summed E-state index contributed by atoms with van der Waals surface area (Å²) in [5, 5.41) is 8.46. The monoisotopic (exact) mass is 635 g/mol. The molecule has 1 atom stereocenters. The Morgan fingerprint density at radius 2 is 1.75 bits per heavy atom. The second kappa shape index (κ2) is 14.1. The van der Waals surface area contributed by atoms with Crippen molar-refractivity contribution in [3.63, 3.8) is 0 Å². The first-order valence-corrected chi connectivity index (χ1v) is 15.8. The van der Waals surface area contributed by atoms with E-state index in [0.717, 1.165) is 37.0 Å². The second-order valence-electron chi connectivity index (χ2n) is 10.4. The minimum Gasteiger partial charge on any atom is -0.466 e. The SMILES string of the molecule is COCC1=C(C(=O)OC)[C@H](c2ccc(F)c(F)c2)N(C(=O)NCCNC2CCN(c3ccccc3S(C)(=O)=O)CC2)C(=O)N1. The molecule has 0 spiro atoms. The molecular weight excluding hydrogens is 600 g/mol. The van der Waals surface area contributed by atoms with Gasteiger partial charge in [-0.25, -0.2) is 36.5 Å². The molecule has 4 rings (SSSR count). The van der Waals surface area contributed by atoms with Crippen molar-refractivity contribution < 1.29 is 41.1 Å². The number of methoxy groups -OCH3 is 2. The number of carbonyl (C=O) groups excluding carboxylic acids is 3. The number of halogens is 2. The Bertz CT molecular complexity index is 1540. The van der Waals surface area contributed by atoms with Gasteiger partial charge < -0.3 is 30.3 Å². The number of benzene rings is 2. The molecule has 1 saturated heterocycles. The summed E-state index contributed by atoms with van der Waals surface area (Å²) >= 11 is 0. The van der Waals surface area contributed by atoms with Crippen LogP contribution < -0.4 is 20.9 Å². The number of amides is 4. The summed E-state index contributed by atoms with van der Waals surface area (Å²) in [5.41, 5.74) is 0.503. The first kappa shape index (κ1) is 32.8. The maximum atomic E-state index is 14.2. The summed E-state index contributed by atoms with van der Waals surface area (Å²) in [6.07, 6.45) is 2.65. The maximum Gasteiger partial charge on any atom is 0.338 e. The Labute approximate surface area is 254 Å². The van der Waals surface area contributed by atoms with Crippen molar-refractivity contribution in [3.05, 3.63) is 70.9 Å². The van der Waals surface area contributed by atoms with Gasteiger partial charge in [0.05, 0.1) is 35.6 Å². The molecule has 4 amide bonds. The van der Waals surface area contributed by atoms with Crippen molar-refractivity contribution in [2.45, 2.75) is 29.8 Å². The van der Waals surface area contributed by atoms with Crippen molar-refractivity contribution in [2.75, 3.05) is 58.2 Å². The summed E-state index contributed by atoms with van der Waals surface area (Å²) in [7, 11) is -0.924. The lowest BCUT2D eigenvalue weighted by atomic mass is 9.93. The average molecular weight is 636 g/mol. The van der Waals surface area contributed by atoms with E-state index >= 15 is 0 Å². The number of rotatable bonds is 10. The number of urea groups is 2. The van der Waals surface area contributed by atoms with Crippen LogP contribution in [0.2, 0.25) is 0 Å². The zero-order chi connectivity index (χ0) is 32.0. The highest BCUT2D eigenvalue weighted by molar-refractivity contribution is 7.90. The average Bonchev–Trinajstić information content (AvgIpc) is 3.00. The second-order valence-corrected chi connectivity index (χ2v) is 12.4. The van der Waals surface area contributed by atoms with Gasteiger partial charge in [0.1, 0.15) is 6.04 Å². The maximum absolute atomic E-state index is 14.2. The molecule has 12 nitrogen and oxygen atoms in total. The molecule has 0 radical (unpaired) electrons. The van der Waals surface area contributed by atoms with Crippen LogP contribution in [0.25, 0.3) is 0 Å². The summed E-state index contributed by atoms with van der Waals surface area (Å²) in [4.78, 5) is 42.3. The van der Waals surface area contributed by atoms with Gasteiger partial charge in [-0.1, -0.05) is 18.2 Å². The first-order valence-electron chi connectivity index (χ1n) is 13.9. The first-order chi connectivity index (χ1) is 21.0. The molecule has 3 N–H and O–H groups in total. The highest BCUT2D eigenvalue weighted by Crippen LogP contribution is 2.35. The third-order valence-corrected chi connectivity index (χ3v) is 8.58. The Morgan fingerprint density at radius 1 is 1.05 bits per heavy atom. The number of imide groups is 1. The van der Waals surface area contributed by atoms with E-state index in [1.54, 1.807) is 24.3 Å². The van der Waals surface area contributed by atoms with Crippen LogP contribution in [-0.2, 0) is 24.1 Å². The van der Waals surface area contributed by atoms with Crippen LogP contribution in [0.5, 0.6) is 0 Å². The van der Waals surface area contributed by atoms with E-state index in [2.05, 4.69) is 16.0 Å². The smallest absolute Gasteiger partial charge is 0.338 e. The Morgan fingerprint density at radius 3 is 2.39 bits per heavy atom. The number of para-hydroxylation sites is 1. The molecule has 0 bridgehead atoms. The van der Waals surface area contributed by atoms with Gasteiger partial charge in [-0.2, -0.15) is 0 Å². The fraction of sp³-hybridized carbons (Fsp3) is 0.414. The molecule has 2 aliphatic heterocycles. The molecule has 238 valence electrons. The summed E-state index contributed by atoms with van der Waals surface area (Å²) < 4.78 is 62.4. The van der Waals surface area contributed by atoms with Gasteiger partial charge in [0.2, 0.25) is 0 Å². The Hall–Kier alpha value is -4.08. The van der Waals surface area contributed by atoms with E-state index in [-0.39, 0.29) is 40.9 Å². The quantitative estimate of drug-likeness (QED) is 0.265. The van der Waals surface area contributed by atoms with Crippen LogP contribution in [0.3, 0.4) is 0 Å². The Kier molecular flexibility index (Phi) is 10.5. The number of ether oxygens (including phenoxy) is 2. The van der Waals surface area contributed by atoms with Crippen molar-refractivity contribution in [3.8, 4) is 0 Å². The van der Waals surface area contributed by atoms with Gasteiger partial charge in [0.25, 0.3) is 0 Å². The van der Waals surface area contributed by atoms with Crippen LogP contribution in [0.1, 0.15) is 24.4 Å². The van der Waals surface area contributed by atoms with Crippen molar-refractivity contribution in [1.82, 2.24) is 20.9 Å². The molecule has 0 aliphatic carbocycles. The van der Waals surface area contributed by atoms with Crippen molar-refractivity contribution in [2.24, 2.45) is 0 Å². The molecule has 2 aliphatic rings. The number of nitrogens with zero attached hydrogens (tertiary/aromatic N) is 2. The zero-order valence-electron chi connectivity index (χ0n) is 24.6. The zero-order valence-corrected chi connectivity index (χ0v) is 25.4. The van der Waals surface area contributed by atoms with Gasteiger partial charge in [0.15, 0.2) is 21.5 Å². The lowest BCUT2D eigenvalue weighted by Crippen LogP contribution is -2.56. The number of hydrogen-bond acceptors (Lipinski definition) is 9. The minimum absolute atomic E-state index is 0.0229. The van der Waals surface area contributed by atoms with E-state index < -0.39 is 45.5 Å². The number of carbonyl (C=O) groups is 3. The molecule has 0 aromatic heterocycles. The number of hydrogen-bond donors (Lipinski definition) is 3. The predicted octanol–water partition coefficient (Wildman–Crippen LogP) is 2.48. The van der Waals surface area contributed by atoms with Gasteiger partial charge in [-0.15, -0.1) is 0 Å². The molecule has 2 aromatic carbocycles. The number of anilines is 1. The van der Waals surface area contributed by atoms with Crippen LogP contribution in [0.4, 0.5) is 24.1 Å². The van der Waals surface area contributed by atoms with Gasteiger partial charge >= 0.3 is 18.0 Å². The summed E-state index contributed by atoms with van der Waals surface area (Å²) in [6, 6.07) is 6.63. The molecule has 2 heterocycles. The predicted molar refractivity (Wildman–Crippen MR) is 157 cm³/mol. The molecule has 1 fully saturated rings. The molecule has 44 heavy (non-hydrogen) atoms. The van der Waals surface area contributed by atoms with Gasteiger partial charge in [-0.05, 0) is 42.7 Å². The Balaban J connectivity index is 1.41. The largest absolute Gasteiger partial charge is 0.466 e. The topological polar surface area (TPSA) is 146 Å². The number of nitrogens with one attached hydrogen (secondary N) is 3. The fourth-order valence-electron chi connectivity index (χ4n) is 5.37. The highest BCUT2D eigenvalue weighted by Gasteiger charge is 2.43. The normalized spacial score (nSPS) is 17.8. The molecular formula is C29H35F2N5O7S. The van der Waals surface area contributed by atoms with E-state index in [1.165, 1.54) is 19.4 Å². The number of esters is 1. The van der Waals surface area contributed by atoms with Crippen molar-refractivity contribution in [1.29, 1.82) is 0 Å². The van der Waals surface area contributed by atoms with Crippen LogP contribution >= 0.6 is 0 Å². The third-order valence-electron chi connectivity index (χ3n) is 7.44. The summed E-state index contributed by atoms with van der Waals surface area (Å²) in [6.45, 7) is 1.50. The number of piperidine rings is 1.